The number of ketones is 2. The zero-order valence-corrected chi connectivity index (χ0v) is 38.7. The standard InChI is InChI=1S/C47H59NO18/c1-18-34(50)27(58-9)16-30(62-18)65-42-20(3)61-28(17-45(42,5)48(7)8)22-12-13-23-31(37(22)53)38(54)32-24(36(23)52)14-25(33-26(49)15-29(64-40(32)33)46(6)21(4)66-46)47(57,44(56)60-11)43-39(55)41(59-10)35(51)19(2)63-43/h12-15,18-21,27-28,30,34-35,39,41-43,50-51,53,55,57H,16-17H2,1-11H3/t18-,19+,20+,21?,27+,28+,30+,34+,35-,39-,41-,42-,43+,45-,46?,47?/m1/s1. The lowest BCUT2D eigenvalue weighted by Crippen LogP contribution is -2.65. The predicted molar refractivity (Wildman–Crippen MR) is 229 cm³/mol. The van der Waals surface area contributed by atoms with E-state index in [-0.39, 0.29) is 29.7 Å². The van der Waals surface area contributed by atoms with E-state index >= 15 is 4.79 Å². The summed E-state index contributed by atoms with van der Waals surface area (Å²) in [6, 6.07) is 4.93. The molecule has 1 aromatic heterocycles. The number of hydrogen-bond donors (Lipinski definition) is 5. The van der Waals surface area contributed by atoms with Gasteiger partial charge in [-0.1, -0.05) is 6.07 Å². The van der Waals surface area contributed by atoms with Crippen LogP contribution in [0.3, 0.4) is 0 Å². The third-order valence-corrected chi connectivity index (χ3v) is 14.8. The fourth-order valence-electron chi connectivity index (χ4n) is 10.4. The smallest absolute Gasteiger partial charge is 0.345 e. The summed E-state index contributed by atoms with van der Waals surface area (Å²) in [4.78, 5) is 60.5. The number of phenols is 1. The number of epoxide rings is 1. The van der Waals surface area contributed by atoms with Gasteiger partial charge >= 0.3 is 5.97 Å². The van der Waals surface area contributed by atoms with E-state index in [9.17, 15) is 39.9 Å². The Balaban J connectivity index is 1.25. The van der Waals surface area contributed by atoms with Gasteiger partial charge in [-0.25, -0.2) is 4.79 Å². The molecule has 19 nitrogen and oxygen atoms in total. The highest BCUT2D eigenvalue weighted by Crippen LogP contribution is 2.50. The number of ether oxygens (including phenoxy) is 8. The molecule has 360 valence electrons. The molecule has 5 heterocycles. The van der Waals surface area contributed by atoms with Crippen molar-refractivity contribution in [1.29, 1.82) is 0 Å². The first kappa shape index (κ1) is 48.2. The molecule has 0 saturated carbocycles. The Morgan fingerprint density at radius 3 is 2.12 bits per heavy atom. The number of likely N-dealkylation sites (N-methyl/N-ethyl adjacent to an activating group) is 1. The Bertz CT molecular complexity index is 2510. The van der Waals surface area contributed by atoms with Crippen molar-refractivity contribution in [2.45, 2.75) is 151 Å². The van der Waals surface area contributed by atoms with Crippen LogP contribution in [0.5, 0.6) is 5.75 Å². The molecule has 3 unspecified atom stereocenters. The van der Waals surface area contributed by atoms with Gasteiger partial charge in [-0.3, -0.25) is 14.4 Å². The zero-order chi connectivity index (χ0) is 48.3. The van der Waals surface area contributed by atoms with Crippen LogP contribution in [0.4, 0.5) is 0 Å². The van der Waals surface area contributed by atoms with E-state index in [1.165, 1.54) is 33.3 Å². The molecular formula is C47H59NO18. The van der Waals surface area contributed by atoms with E-state index < -0.39 is 158 Å². The van der Waals surface area contributed by atoms with Gasteiger partial charge in [0.05, 0.1) is 60.2 Å². The number of carbonyl (C=O) groups excluding carboxylic acids is 3. The molecule has 66 heavy (non-hydrogen) atoms. The van der Waals surface area contributed by atoms with Crippen LogP contribution in [0.1, 0.15) is 109 Å². The van der Waals surface area contributed by atoms with E-state index in [2.05, 4.69) is 0 Å². The largest absolute Gasteiger partial charge is 0.507 e. The first-order valence-corrected chi connectivity index (χ1v) is 22.0. The van der Waals surface area contributed by atoms with Crippen LogP contribution < -0.4 is 5.43 Å². The third-order valence-electron chi connectivity index (χ3n) is 14.8. The molecule has 16 atom stereocenters. The highest BCUT2D eigenvalue weighted by atomic mass is 16.7. The number of phenolic OH excluding ortho intramolecular Hbond substituents is 1. The van der Waals surface area contributed by atoms with Crippen LogP contribution in [-0.4, -0.2) is 162 Å². The van der Waals surface area contributed by atoms with Crippen molar-refractivity contribution < 1.29 is 82.2 Å². The molecule has 4 saturated heterocycles. The summed E-state index contributed by atoms with van der Waals surface area (Å²) in [7, 11) is 7.41. The summed E-state index contributed by atoms with van der Waals surface area (Å²) in [5, 5.41) is 57.3. The van der Waals surface area contributed by atoms with Crippen molar-refractivity contribution in [1.82, 2.24) is 4.90 Å². The lowest BCUT2D eigenvalue weighted by Gasteiger charge is -2.52. The Hall–Kier alpha value is -4.22. The van der Waals surface area contributed by atoms with Crippen molar-refractivity contribution >= 4 is 28.5 Å². The third kappa shape index (κ3) is 7.25. The summed E-state index contributed by atoms with van der Waals surface area (Å²) < 4.78 is 53.2. The number of carbonyl (C=O) groups is 3. The van der Waals surface area contributed by atoms with Crippen molar-refractivity contribution in [2.75, 3.05) is 35.4 Å². The lowest BCUT2D eigenvalue weighted by molar-refractivity contribution is -0.300. The molecule has 0 amide bonds. The topological polar surface area (TPSA) is 263 Å². The molecule has 19 heteroatoms. The Morgan fingerprint density at radius 2 is 1.52 bits per heavy atom. The second-order valence-electron chi connectivity index (χ2n) is 18.8. The number of nitrogens with zero attached hydrogens (tertiary/aromatic N) is 1. The number of esters is 1. The number of rotatable bonds is 10. The molecule has 0 radical (unpaired) electrons. The molecule has 4 aliphatic heterocycles. The molecule has 8 rings (SSSR count). The summed E-state index contributed by atoms with van der Waals surface area (Å²) in [6.45, 7) is 10.3. The molecule has 0 bridgehead atoms. The number of fused-ring (bicyclic) bond motifs is 4. The zero-order valence-electron chi connectivity index (χ0n) is 38.7. The maximum absolute atomic E-state index is 15.1. The molecule has 4 fully saturated rings. The van der Waals surface area contributed by atoms with Crippen LogP contribution in [0.25, 0.3) is 11.0 Å². The highest BCUT2D eigenvalue weighted by Gasteiger charge is 2.60. The summed E-state index contributed by atoms with van der Waals surface area (Å²) in [6.07, 6.45) is -12.6. The number of methoxy groups -OCH3 is 3. The molecule has 0 spiro atoms. The van der Waals surface area contributed by atoms with Crippen molar-refractivity contribution in [3.05, 3.63) is 73.6 Å². The number of benzene rings is 2. The van der Waals surface area contributed by atoms with Gasteiger partial charge in [-0.2, -0.15) is 0 Å². The van der Waals surface area contributed by atoms with Crippen molar-refractivity contribution in [3.63, 3.8) is 0 Å². The molecule has 3 aromatic rings. The minimum atomic E-state index is -3.10. The van der Waals surface area contributed by atoms with E-state index in [0.29, 0.717) is 0 Å². The first-order chi connectivity index (χ1) is 31.0. The average Bonchev–Trinajstić information content (AvgIpc) is 3.91. The second-order valence-corrected chi connectivity index (χ2v) is 18.8. The normalized spacial score (nSPS) is 37.6. The maximum atomic E-state index is 15.1. The Labute approximate surface area is 380 Å². The minimum absolute atomic E-state index is 0.0334. The van der Waals surface area contributed by atoms with Gasteiger partial charge in [0.25, 0.3) is 0 Å². The van der Waals surface area contributed by atoms with Crippen LogP contribution in [0.15, 0.2) is 33.5 Å². The van der Waals surface area contributed by atoms with Crippen molar-refractivity contribution in [3.8, 4) is 5.75 Å². The highest BCUT2D eigenvalue weighted by molar-refractivity contribution is 6.32. The van der Waals surface area contributed by atoms with Gasteiger partial charge in [0.1, 0.15) is 53.7 Å². The number of aliphatic hydroxyl groups excluding tert-OH is 3. The Morgan fingerprint density at radius 1 is 0.848 bits per heavy atom. The SMILES string of the molecule is COC(=O)C(O)(c1cc2c(c3oc(C4(C)OC4C)cc(=O)c13)C(=O)c1c(ccc([C@@H]3C[C@@](C)(N(C)C)[C@H](O[C@H]4C[C@H](OC)[C@@H](O)[C@@H](C)O4)[C@H](C)O3)c1O)C2=O)[C@H]1O[C@@H](C)[C@@H](O)[C@@H](OC)[C@H]1O. The Kier molecular flexibility index (Phi) is 12.5. The molecule has 5 aliphatic rings. The average molecular weight is 926 g/mol. The summed E-state index contributed by atoms with van der Waals surface area (Å²) in [5.41, 5.74) is -8.32. The van der Waals surface area contributed by atoms with Crippen LogP contribution in [0, 0.1) is 0 Å². The van der Waals surface area contributed by atoms with E-state index in [4.69, 9.17) is 42.3 Å². The van der Waals surface area contributed by atoms with Gasteiger partial charge < -0.3 is 72.7 Å². The fourth-order valence-corrected chi connectivity index (χ4v) is 10.4. The van der Waals surface area contributed by atoms with Gasteiger partial charge in [0.2, 0.25) is 11.4 Å². The molecule has 2 aromatic carbocycles. The van der Waals surface area contributed by atoms with Crippen LogP contribution >= 0.6 is 0 Å². The number of aliphatic hydroxyl groups is 4. The summed E-state index contributed by atoms with van der Waals surface area (Å²) in [5.74, 6) is -3.77. The maximum Gasteiger partial charge on any atom is 0.345 e. The summed E-state index contributed by atoms with van der Waals surface area (Å²) >= 11 is 0. The lowest BCUT2D eigenvalue weighted by atomic mass is 9.74. The predicted octanol–water partition coefficient (Wildman–Crippen LogP) is 1.86. The molecular weight excluding hydrogens is 867 g/mol. The van der Waals surface area contributed by atoms with E-state index in [1.54, 1.807) is 20.8 Å². The van der Waals surface area contributed by atoms with Crippen molar-refractivity contribution in [2.24, 2.45) is 0 Å². The monoisotopic (exact) mass is 925 g/mol. The second kappa shape index (κ2) is 17.1. The van der Waals surface area contributed by atoms with Crippen LogP contribution in [0.2, 0.25) is 0 Å². The van der Waals surface area contributed by atoms with Gasteiger partial charge in [-0.05, 0) is 74.2 Å². The van der Waals surface area contributed by atoms with Crippen LogP contribution in [-0.2, 0) is 53.9 Å². The molecule has 1 aliphatic carbocycles. The van der Waals surface area contributed by atoms with Gasteiger partial charge in [0, 0.05) is 54.5 Å². The fraction of sp³-hybridized carbons (Fsp3) is 0.617. The van der Waals surface area contributed by atoms with E-state index in [1.807, 2.05) is 32.8 Å². The number of hydrogen-bond acceptors (Lipinski definition) is 19. The quantitative estimate of drug-likeness (QED) is 0.112. The first-order valence-electron chi connectivity index (χ1n) is 22.0. The minimum Gasteiger partial charge on any atom is -0.507 e. The number of aromatic hydroxyl groups is 1. The molecule has 5 N–H and O–H groups in total. The van der Waals surface area contributed by atoms with Gasteiger partial charge in [-0.15, -0.1) is 0 Å². The van der Waals surface area contributed by atoms with E-state index in [0.717, 1.165) is 19.2 Å². The van der Waals surface area contributed by atoms with Gasteiger partial charge in [0.15, 0.2) is 23.1 Å².